The zero-order valence-electron chi connectivity index (χ0n) is 15.2. The molecule has 1 aromatic rings. The molecule has 0 aliphatic heterocycles. The summed E-state index contributed by atoms with van der Waals surface area (Å²) in [6.45, 7) is 1.89. The molecule has 2 unspecified atom stereocenters. The molecule has 0 radical (unpaired) electrons. The molecule has 6 nitrogen and oxygen atoms in total. The second-order valence-corrected chi connectivity index (χ2v) is 10.6. The summed E-state index contributed by atoms with van der Waals surface area (Å²) in [5, 5.41) is 23.2. The number of ketones is 1. The number of nitrogens with one attached hydrogen (secondary N) is 1. The van der Waals surface area contributed by atoms with Gasteiger partial charge >= 0.3 is 0 Å². The van der Waals surface area contributed by atoms with Crippen molar-refractivity contribution in [1.82, 2.24) is 5.32 Å². The topological polar surface area (TPSA) is 110 Å². The average Bonchev–Trinajstić information content (AvgIpc) is 2.57. The molecule has 0 heterocycles. The van der Waals surface area contributed by atoms with Crippen molar-refractivity contribution < 1.29 is 24.8 Å². The summed E-state index contributed by atoms with van der Waals surface area (Å²) in [5.41, 5.74) is 0.876. The number of aliphatic hydroxyl groups excluding tert-OH is 2. The molecule has 0 spiro atoms. The largest absolute Gasteiger partial charge is 0.390 e. The lowest BCUT2D eigenvalue weighted by Crippen LogP contribution is -2.35. The fraction of sp³-hybridized carbons (Fsp3) is 0.611. The van der Waals surface area contributed by atoms with Crippen molar-refractivity contribution >= 4 is 36.7 Å². The number of Topliss-reactive ketones (excluding diaryl/α,β-unsaturated/α-hetero) is 1. The van der Waals surface area contributed by atoms with Gasteiger partial charge in [-0.15, -0.1) is 0 Å². The van der Waals surface area contributed by atoms with Gasteiger partial charge in [-0.3, -0.25) is 4.79 Å². The van der Waals surface area contributed by atoms with Gasteiger partial charge in [0.25, 0.3) is 7.72 Å². The Balaban J connectivity index is 1.80. The zero-order chi connectivity index (χ0) is 20.2. The molecule has 1 aliphatic rings. The van der Waals surface area contributed by atoms with Crippen molar-refractivity contribution in [2.45, 2.75) is 44.4 Å². The van der Waals surface area contributed by atoms with E-state index in [2.05, 4.69) is 5.32 Å². The van der Waals surface area contributed by atoms with Crippen molar-refractivity contribution in [1.29, 1.82) is 0 Å². The third kappa shape index (κ3) is 7.22. The Morgan fingerprint density at radius 3 is 2.56 bits per heavy atom. The van der Waals surface area contributed by atoms with E-state index < -0.39 is 19.9 Å². The molecule has 2 rings (SSSR count). The maximum Gasteiger partial charge on any atom is 0.275 e. The Morgan fingerprint density at radius 1 is 1.22 bits per heavy atom. The van der Waals surface area contributed by atoms with Crippen molar-refractivity contribution in [3.8, 4) is 0 Å². The minimum Gasteiger partial charge on any atom is -0.390 e. The maximum absolute atomic E-state index is 12.2. The SMILES string of the molecule is CC(NCC(=O)C[P+](O)(O)C[C@H]1CC[C@@H](O)C(O)C1)c1ccc(Cl)c(Cl)c1. The van der Waals surface area contributed by atoms with Crippen molar-refractivity contribution in [3.63, 3.8) is 0 Å². The monoisotopic (exact) mass is 438 g/mol. The van der Waals surface area contributed by atoms with E-state index in [0.717, 1.165) is 5.56 Å². The van der Waals surface area contributed by atoms with Crippen LogP contribution in [-0.4, -0.2) is 56.9 Å². The molecule has 1 aromatic carbocycles. The number of aliphatic hydroxyl groups is 2. The zero-order valence-corrected chi connectivity index (χ0v) is 17.6. The molecule has 0 aromatic heterocycles. The standard InChI is InChI=1S/C18H27Cl2NO5P/c1-11(13-3-4-15(19)16(20)7-13)21-8-14(22)10-27(25,26)9-12-2-5-17(23)18(24)6-12/h3-4,7,11-12,17-18,21,23-26H,2,5-6,8-10H2,1H3/q+1/t11?,12-,17+,18?/m0/s1. The van der Waals surface area contributed by atoms with E-state index in [1.165, 1.54) is 0 Å². The molecule has 27 heavy (non-hydrogen) atoms. The first-order valence-corrected chi connectivity index (χ1v) is 11.8. The number of hydrogen-bond donors (Lipinski definition) is 5. The van der Waals surface area contributed by atoms with E-state index in [0.29, 0.717) is 29.3 Å². The molecule has 9 heteroatoms. The van der Waals surface area contributed by atoms with Crippen LogP contribution in [0.4, 0.5) is 0 Å². The van der Waals surface area contributed by atoms with Crippen LogP contribution in [0.15, 0.2) is 18.2 Å². The normalized spacial score (nSPS) is 24.6. The molecule has 0 amide bonds. The predicted molar refractivity (Wildman–Crippen MR) is 108 cm³/mol. The Labute approximate surface area is 170 Å². The number of benzene rings is 1. The van der Waals surface area contributed by atoms with Crippen LogP contribution < -0.4 is 5.32 Å². The smallest absolute Gasteiger partial charge is 0.275 e. The van der Waals surface area contributed by atoms with Gasteiger partial charge in [0.1, 0.15) is 6.16 Å². The Hall–Kier alpha value is -0.300. The third-order valence-electron chi connectivity index (χ3n) is 4.92. The highest BCUT2D eigenvalue weighted by atomic mass is 35.5. The van der Waals surface area contributed by atoms with Crippen molar-refractivity contribution in [2.24, 2.45) is 5.92 Å². The number of rotatable bonds is 8. The van der Waals surface area contributed by atoms with Gasteiger partial charge in [0.15, 0.2) is 11.9 Å². The van der Waals surface area contributed by atoms with Gasteiger partial charge in [0, 0.05) is 12.0 Å². The van der Waals surface area contributed by atoms with E-state index in [9.17, 15) is 24.8 Å². The van der Waals surface area contributed by atoms with E-state index in [1.807, 2.05) is 13.0 Å². The minimum atomic E-state index is -3.38. The Kier molecular flexibility index (Phi) is 8.47. The molecule has 4 atom stereocenters. The number of hydrogen-bond acceptors (Lipinski definition) is 6. The van der Waals surface area contributed by atoms with E-state index >= 15 is 0 Å². The van der Waals surface area contributed by atoms with Crippen LogP contribution in [0, 0.1) is 5.92 Å². The average molecular weight is 439 g/mol. The first-order chi connectivity index (χ1) is 12.6. The summed E-state index contributed by atoms with van der Waals surface area (Å²) >= 11 is 11.9. The second kappa shape index (κ2) is 9.95. The summed E-state index contributed by atoms with van der Waals surface area (Å²) in [6.07, 6.45) is -0.406. The molecule has 0 bridgehead atoms. The summed E-state index contributed by atoms with van der Waals surface area (Å²) in [7, 11) is -3.38. The number of halogens is 2. The summed E-state index contributed by atoms with van der Waals surface area (Å²) < 4.78 is 0. The van der Waals surface area contributed by atoms with Crippen LogP contribution in [-0.2, 0) is 4.79 Å². The first-order valence-electron chi connectivity index (χ1n) is 8.96. The maximum atomic E-state index is 12.2. The van der Waals surface area contributed by atoms with Crippen LogP contribution >= 0.6 is 30.9 Å². The highest BCUT2D eigenvalue weighted by Gasteiger charge is 2.41. The minimum absolute atomic E-state index is 0.0102. The van der Waals surface area contributed by atoms with Gasteiger partial charge in [0.05, 0.1) is 28.8 Å². The molecule has 152 valence electrons. The lowest BCUT2D eigenvalue weighted by atomic mass is 9.87. The number of carbonyl (C=O) groups excluding carboxylic acids is 1. The van der Waals surface area contributed by atoms with E-state index in [1.54, 1.807) is 12.1 Å². The van der Waals surface area contributed by atoms with Crippen molar-refractivity contribution in [2.75, 3.05) is 18.9 Å². The molecule has 0 saturated heterocycles. The quantitative estimate of drug-likeness (QED) is 0.399. The lowest BCUT2D eigenvalue weighted by molar-refractivity contribution is -0.116. The highest BCUT2D eigenvalue weighted by molar-refractivity contribution is 7.65. The molecular weight excluding hydrogens is 412 g/mol. The Morgan fingerprint density at radius 2 is 1.93 bits per heavy atom. The van der Waals surface area contributed by atoms with Gasteiger partial charge in [-0.2, -0.15) is 0 Å². The fourth-order valence-electron chi connectivity index (χ4n) is 3.36. The van der Waals surface area contributed by atoms with Crippen LogP contribution in [0.1, 0.15) is 37.8 Å². The van der Waals surface area contributed by atoms with Gasteiger partial charge in [-0.1, -0.05) is 29.3 Å². The van der Waals surface area contributed by atoms with Crippen LogP contribution in [0.2, 0.25) is 10.0 Å². The summed E-state index contributed by atoms with van der Waals surface area (Å²) in [4.78, 5) is 32.7. The van der Waals surface area contributed by atoms with Crippen LogP contribution in [0.25, 0.3) is 0 Å². The van der Waals surface area contributed by atoms with E-state index in [-0.39, 0.29) is 36.6 Å². The predicted octanol–water partition coefficient (Wildman–Crippen LogP) is 2.57. The van der Waals surface area contributed by atoms with Gasteiger partial charge in [0.2, 0.25) is 0 Å². The van der Waals surface area contributed by atoms with E-state index in [4.69, 9.17) is 23.2 Å². The third-order valence-corrected chi connectivity index (χ3v) is 7.62. The van der Waals surface area contributed by atoms with Gasteiger partial charge in [-0.05, 0) is 43.9 Å². The van der Waals surface area contributed by atoms with Gasteiger partial charge in [-0.25, -0.2) is 9.79 Å². The van der Waals surface area contributed by atoms with Crippen molar-refractivity contribution in [3.05, 3.63) is 33.8 Å². The molecule has 1 saturated carbocycles. The fourth-order valence-corrected chi connectivity index (χ4v) is 5.64. The molecule has 5 N–H and O–H groups in total. The molecule has 1 fully saturated rings. The highest BCUT2D eigenvalue weighted by Crippen LogP contribution is 2.53. The lowest BCUT2D eigenvalue weighted by Gasteiger charge is -2.30. The van der Waals surface area contributed by atoms with Crippen LogP contribution in [0.3, 0.4) is 0 Å². The summed E-state index contributed by atoms with van der Waals surface area (Å²) in [6, 6.07) is 5.08. The summed E-state index contributed by atoms with van der Waals surface area (Å²) in [5.74, 6) is -0.376. The molecular formula is C18H27Cl2NO5P+. The Bertz CT molecular complexity index is 661. The second-order valence-electron chi connectivity index (χ2n) is 7.35. The van der Waals surface area contributed by atoms with Gasteiger partial charge < -0.3 is 15.5 Å². The molecule has 1 aliphatic carbocycles. The van der Waals surface area contributed by atoms with Crippen LogP contribution in [0.5, 0.6) is 0 Å². The first kappa shape index (κ1) is 23.0. The number of carbonyl (C=O) groups is 1.